The van der Waals surface area contributed by atoms with Crippen LogP contribution in [0.25, 0.3) is 0 Å². The molecule has 2 heteroatoms. The van der Waals surface area contributed by atoms with Crippen molar-refractivity contribution in [1.82, 2.24) is 0 Å². The predicted molar refractivity (Wildman–Crippen MR) is 70.8 cm³/mol. The minimum atomic E-state index is 0. The molecule has 2 rings (SSSR count). The summed E-state index contributed by atoms with van der Waals surface area (Å²) in [7, 11) is 0. The first-order valence-corrected chi connectivity index (χ1v) is 6.40. The molecule has 0 radical (unpaired) electrons. The summed E-state index contributed by atoms with van der Waals surface area (Å²) >= 11 is 0. The third-order valence-electron chi connectivity index (χ3n) is 2.49. The van der Waals surface area contributed by atoms with Crippen molar-refractivity contribution in [3.8, 4) is 0 Å². The molecule has 18 heavy (non-hydrogen) atoms. The minimum Gasteiger partial charge on any atom is -1.00 e. The Morgan fingerprint density at radius 2 is 0.944 bits per heavy atom. The minimum absolute atomic E-state index is 0. The van der Waals surface area contributed by atoms with E-state index in [1.165, 1.54) is 38.5 Å². The van der Waals surface area contributed by atoms with Crippen LogP contribution in [0.2, 0.25) is 0 Å². The summed E-state index contributed by atoms with van der Waals surface area (Å²) in [5.74, 6) is 0. The molecule has 102 valence electrons. The molecule has 0 nitrogen and oxygen atoms in total. The fourth-order valence-electron chi connectivity index (χ4n) is 1.57. The van der Waals surface area contributed by atoms with E-state index in [0.29, 0.717) is 0 Å². The van der Waals surface area contributed by atoms with Crippen LogP contribution in [-0.2, 0) is 20.1 Å². The van der Waals surface area contributed by atoms with Gasteiger partial charge in [-0.15, -0.1) is 0 Å². The number of hydrogen-bond donors (Lipinski definition) is 0. The summed E-state index contributed by atoms with van der Waals surface area (Å²) in [5.41, 5.74) is 0. The molecule has 0 saturated heterocycles. The first-order valence-electron chi connectivity index (χ1n) is 6.40. The van der Waals surface area contributed by atoms with Crippen molar-refractivity contribution >= 4 is 0 Å². The Labute approximate surface area is 132 Å². The van der Waals surface area contributed by atoms with Gasteiger partial charge in [0.1, 0.15) is 0 Å². The van der Waals surface area contributed by atoms with Crippen molar-refractivity contribution in [1.29, 1.82) is 0 Å². The van der Waals surface area contributed by atoms with Gasteiger partial charge in [0.15, 0.2) is 0 Å². The van der Waals surface area contributed by atoms with Crippen LogP contribution in [0.15, 0.2) is 36.5 Å². The average molecular weight is 442 g/mol. The first kappa shape index (κ1) is 20.2. The molecule has 0 atom stereocenters. The fourth-order valence-corrected chi connectivity index (χ4v) is 1.57. The number of hydrogen-bond acceptors (Lipinski definition) is 0. The monoisotopic (exact) mass is 442 g/mol. The zero-order valence-electron chi connectivity index (χ0n) is 10.8. The van der Waals surface area contributed by atoms with Crippen LogP contribution in [0.4, 0.5) is 0 Å². The molecule has 0 aromatic rings. The average Bonchev–Trinajstić information content (AvgIpc) is 2.15. The van der Waals surface area contributed by atoms with Crippen LogP contribution in [0.3, 0.4) is 0 Å². The van der Waals surface area contributed by atoms with Gasteiger partial charge in [-0.05, 0) is 12.8 Å². The summed E-state index contributed by atoms with van der Waals surface area (Å²) in [4.78, 5) is 0. The standard InChI is InChI=1S/2C8H11.ClH.Ir/c2*1-2-4-6-8-7-5-3-1;;/h2*1-2,7H,3-6H2;1H;/q2*-1;;+3/p-1/b2-1-;;;. The Kier molecular flexibility index (Phi) is 19.0. The molecule has 2 aliphatic carbocycles. The Bertz CT molecular complexity index is 184. The quantitative estimate of drug-likeness (QED) is 0.398. The van der Waals surface area contributed by atoms with Gasteiger partial charge in [-0.3, -0.25) is 12.2 Å². The van der Waals surface area contributed by atoms with Gasteiger partial charge in [-0.25, -0.2) is 0 Å². The SMILES string of the molecule is [C-]1=CCC/C=C\CC1.[C-]1=CCCC=CCC1.[Cl-].[Ir+3]. The Balaban J connectivity index is 0. The summed E-state index contributed by atoms with van der Waals surface area (Å²) in [5, 5.41) is 0. The van der Waals surface area contributed by atoms with Crippen LogP contribution < -0.4 is 12.4 Å². The van der Waals surface area contributed by atoms with E-state index >= 15 is 0 Å². The van der Waals surface area contributed by atoms with Crippen LogP contribution in [0.1, 0.15) is 51.4 Å². The maximum absolute atomic E-state index is 3.21. The van der Waals surface area contributed by atoms with Gasteiger partial charge in [0.05, 0.1) is 0 Å². The van der Waals surface area contributed by atoms with Gasteiger partial charge in [0.25, 0.3) is 0 Å². The molecule has 0 N–H and O–H groups in total. The van der Waals surface area contributed by atoms with Crippen molar-refractivity contribution in [3.63, 3.8) is 0 Å². The summed E-state index contributed by atoms with van der Waals surface area (Å²) in [6.45, 7) is 0. The Morgan fingerprint density at radius 3 is 1.39 bits per heavy atom. The van der Waals surface area contributed by atoms with Crippen molar-refractivity contribution in [2.24, 2.45) is 0 Å². The smallest absolute Gasteiger partial charge is 1.00 e. The van der Waals surface area contributed by atoms with E-state index in [9.17, 15) is 0 Å². The molecule has 0 aliphatic heterocycles. The normalized spacial score (nSPS) is 19.6. The molecule has 0 fully saturated rings. The second kappa shape index (κ2) is 16.9. The molecule has 0 aromatic carbocycles. The molecule has 0 saturated carbocycles. The predicted octanol–water partition coefficient (Wildman–Crippen LogP) is 1.95. The summed E-state index contributed by atoms with van der Waals surface area (Å²) in [6.07, 6.45) is 29.0. The van der Waals surface area contributed by atoms with Gasteiger partial charge in [0, 0.05) is 0 Å². The van der Waals surface area contributed by atoms with E-state index in [4.69, 9.17) is 0 Å². The molecule has 0 heterocycles. The van der Waals surface area contributed by atoms with Crippen molar-refractivity contribution < 1.29 is 32.5 Å². The van der Waals surface area contributed by atoms with E-state index in [2.05, 4.69) is 48.6 Å². The molecule has 0 aromatic heterocycles. The Hall–Kier alpha value is -0.101. The number of allylic oxidation sites excluding steroid dienone is 8. The van der Waals surface area contributed by atoms with E-state index < -0.39 is 0 Å². The maximum Gasteiger partial charge on any atom is 3.00 e. The van der Waals surface area contributed by atoms with Gasteiger partial charge in [-0.2, -0.15) is 12.8 Å². The molecule has 0 amide bonds. The molecule has 0 spiro atoms. The van der Waals surface area contributed by atoms with E-state index in [1.807, 2.05) is 0 Å². The van der Waals surface area contributed by atoms with Crippen LogP contribution >= 0.6 is 0 Å². The van der Waals surface area contributed by atoms with E-state index in [-0.39, 0.29) is 32.5 Å². The van der Waals surface area contributed by atoms with E-state index in [0.717, 1.165) is 12.8 Å². The van der Waals surface area contributed by atoms with E-state index in [1.54, 1.807) is 0 Å². The molecular weight excluding hydrogens is 420 g/mol. The van der Waals surface area contributed by atoms with Crippen LogP contribution in [-0.4, -0.2) is 0 Å². The fraction of sp³-hybridized carbons (Fsp3) is 0.500. The van der Waals surface area contributed by atoms with Crippen molar-refractivity contribution in [3.05, 3.63) is 48.6 Å². The van der Waals surface area contributed by atoms with Gasteiger partial charge in [-0.1, -0.05) is 50.0 Å². The first-order chi connectivity index (χ1) is 8.00. The van der Waals surface area contributed by atoms with Gasteiger partial charge < -0.3 is 24.6 Å². The third kappa shape index (κ3) is 14.0. The summed E-state index contributed by atoms with van der Waals surface area (Å²) in [6, 6.07) is 0. The maximum atomic E-state index is 3.21. The zero-order valence-corrected chi connectivity index (χ0v) is 14.0. The largest absolute Gasteiger partial charge is 3.00 e. The van der Waals surface area contributed by atoms with Crippen LogP contribution in [0.5, 0.6) is 0 Å². The number of halogens is 1. The zero-order chi connectivity index (χ0) is 11.3. The van der Waals surface area contributed by atoms with Gasteiger partial charge in [0.2, 0.25) is 0 Å². The molecule has 0 bridgehead atoms. The van der Waals surface area contributed by atoms with Crippen molar-refractivity contribution in [2.45, 2.75) is 51.4 Å². The molecule has 0 unspecified atom stereocenters. The topological polar surface area (TPSA) is 0 Å². The second-order valence-electron chi connectivity index (χ2n) is 3.99. The Morgan fingerprint density at radius 1 is 0.556 bits per heavy atom. The number of rotatable bonds is 0. The molecular formula is C16H22ClIr. The molecule has 2 aliphatic rings. The summed E-state index contributed by atoms with van der Waals surface area (Å²) < 4.78 is 0. The third-order valence-corrected chi connectivity index (χ3v) is 2.49. The van der Waals surface area contributed by atoms with Crippen LogP contribution in [0, 0.1) is 12.2 Å². The van der Waals surface area contributed by atoms with Crippen molar-refractivity contribution in [2.75, 3.05) is 0 Å². The van der Waals surface area contributed by atoms with Gasteiger partial charge >= 0.3 is 20.1 Å². The second-order valence-corrected chi connectivity index (χ2v) is 3.99.